The zero-order valence-corrected chi connectivity index (χ0v) is 19.5. The lowest BCUT2D eigenvalue weighted by Gasteiger charge is -2.46. The third-order valence-corrected chi connectivity index (χ3v) is 7.19. The molecule has 0 atom stereocenters. The van der Waals surface area contributed by atoms with E-state index >= 15 is 0 Å². The summed E-state index contributed by atoms with van der Waals surface area (Å²) < 4.78 is 13.8. The van der Waals surface area contributed by atoms with Gasteiger partial charge in [0.2, 0.25) is 5.91 Å². The fourth-order valence-electron chi connectivity index (χ4n) is 4.33. The minimum Gasteiger partial charge on any atom is -0.382 e. The number of ether oxygens (including phenoxy) is 2. The van der Waals surface area contributed by atoms with Crippen LogP contribution in [-0.4, -0.2) is 85.3 Å². The Bertz CT molecular complexity index is 847. The third kappa shape index (κ3) is 6.01. The van der Waals surface area contributed by atoms with Crippen LogP contribution < -0.4 is 4.90 Å². The summed E-state index contributed by atoms with van der Waals surface area (Å²) in [6, 6.07) is 14.3. The van der Waals surface area contributed by atoms with E-state index in [1.54, 1.807) is 19.1 Å². The van der Waals surface area contributed by atoms with Crippen LogP contribution in [0.5, 0.6) is 0 Å². The molecular weight excluding hydrogens is 424 g/mol. The maximum atomic E-state index is 13.0. The van der Waals surface area contributed by atoms with Crippen molar-refractivity contribution in [1.29, 1.82) is 0 Å². The van der Waals surface area contributed by atoms with E-state index in [9.17, 15) is 4.79 Å². The van der Waals surface area contributed by atoms with Crippen molar-refractivity contribution in [3.8, 4) is 0 Å². The Balaban J connectivity index is 1.36. The Morgan fingerprint density at radius 2 is 1.75 bits per heavy atom. The zero-order chi connectivity index (χ0) is 22.2. The molecule has 3 heterocycles. The van der Waals surface area contributed by atoms with Crippen molar-refractivity contribution in [2.45, 2.75) is 23.3 Å². The number of benzene rings is 1. The second-order valence-electron chi connectivity index (χ2n) is 8.30. The lowest BCUT2D eigenvalue weighted by atomic mass is 9.89. The molecule has 0 bridgehead atoms. The fourth-order valence-corrected chi connectivity index (χ4v) is 5.25. The molecule has 2 aliphatic heterocycles. The number of carbonyl (C=O) groups excluding carboxylic acids is 1. The van der Waals surface area contributed by atoms with E-state index in [0.29, 0.717) is 26.3 Å². The minimum absolute atomic E-state index is 0.172. The zero-order valence-electron chi connectivity index (χ0n) is 18.7. The van der Waals surface area contributed by atoms with Gasteiger partial charge in [0.15, 0.2) is 0 Å². The quantitative estimate of drug-likeness (QED) is 0.425. The molecule has 2 saturated heterocycles. The number of aromatic nitrogens is 1. The molecule has 2 aliphatic rings. The second kappa shape index (κ2) is 11.1. The summed E-state index contributed by atoms with van der Waals surface area (Å²) in [5, 5.41) is 0. The van der Waals surface area contributed by atoms with Gasteiger partial charge in [-0.05, 0) is 49.1 Å². The van der Waals surface area contributed by atoms with Crippen LogP contribution in [0.1, 0.15) is 12.8 Å². The Morgan fingerprint density at radius 1 is 1.00 bits per heavy atom. The summed E-state index contributed by atoms with van der Waals surface area (Å²) in [6.45, 7) is 5.55. The predicted molar refractivity (Wildman–Crippen MR) is 127 cm³/mol. The molecule has 172 valence electrons. The molecule has 4 rings (SSSR count). The van der Waals surface area contributed by atoms with Gasteiger partial charge >= 0.3 is 0 Å². The first-order valence-electron chi connectivity index (χ1n) is 11.2. The fraction of sp³-hybridized carbons (Fsp3) is 0.500. The largest absolute Gasteiger partial charge is 0.382 e. The molecular formula is C24H32N4O3S. The van der Waals surface area contributed by atoms with Gasteiger partial charge in [0.25, 0.3) is 0 Å². The van der Waals surface area contributed by atoms with Crippen molar-refractivity contribution < 1.29 is 14.3 Å². The van der Waals surface area contributed by atoms with Crippen molar-refractivity contribution in [2.75, 3.05) is 64.5 Å². The first-order chi connectivity index (χ1) is 15.7. The summed E-state index contributed by atoms with van der Waals surface area (Å²) in [5.74, 6) is 0.172. The van der Waals surface area contributed by atoms with Crippen LogP contribution in [-0.2, 0) is 14.3 Å². The normalized spacial score (nSPS) is 19.3. The lowest BCUT2D eigenvalue weighted by Crippen LogP contribution is -2.57. The smallest absolute Gasteiger partial charge is 0.237 e. The number of piperazine rings is 1. The van der Waals surface area contributed by atoms with E-state index in [1.807, 2.05) is 47.6 Å². The molecule has 2 fully saturated rings. The van der Waals surface area contributed by atoms with Gasteiger partial charge in [0.05, 0.1) is 25.4 Å². The third-order valence-electron chi connectivity index (χ3n) is 6.14. The van der Waals surface area contributed by atoms with Crippen molar-refractivity contribution in [1.82, 2.24) is 14.2 Å². The molecule has 0 aliphatic carbocycles. The Hall–Kier alpha value is -2.13. The number of carbonyl (C=O) groups is 1. The number of piperidine rings is 1. The van der Waals surface area contributed by atoms with Crippen molar-refractivity contribution in [3.63, 3.8) is 0 Å². The van der Waals surface area contributed by atoms with Crippen LogP contribution >= 0.6 is 11.9 Å². The summed E-state index contributed by atoms with van der Waals surface area (Å²) in [5.41, 5.74) is 0.861. The van der Waals surface area contributed by atoms with Gasteiger partial charge in [0, 0.05) is 62.8 Å². The van der Waals surface area contributed by atoms with Gasteiger partial charge in [-0.25, -0.2) is 4.31 Å². The summed E-state index contributed by atoms with van der Waals surface area (Å²) >= 11 is 1.66. The molecule has 0 saturated carbocycles. The Morgan fingerprint density at radius 3 is 2.44 bits per heavy atom. The van der Waals surface area contributed by atoms with E-state index in [-0.39, 0.29) is 11.5 Å². The van der Waals surface area contributed by atoms with Gasteiger partial charge in [-0.1, -0.05) is 18.2 Å². The van der Waals surface area contributed by atoms with Gasteiger partial charge in [-0.15, -0.1) is 0 Å². The first kappa shape index (κ1) is 23.0. The highest BCUT2D eigenvalue weighted by Gasteiger charge is 2.39. The number of pyridine rings is 1. The van der Waals surface area contributed by atoms with E-state index in [1.165, 1.54) is 5.69 Å². The minimum atomic E-state index is -0.327. The van der Waals surface area contributed by atoms with E-state index < -0.39 is 0 Å². The van der Waals surface area contributed by atoms with Gasteiger partial charge in [-0.2, -0.15) is 0 Å². The number of rotatable bonds is 9. The molecule has 8 heteroatoms. The molecule has 0 spiro atoms. The molecule has 0 N–H and O–H groups in total. The van der Waals surface area contributed by atoms with E-state index in [0.717, 1.165) is 43.9 Å². The number of nitrogens with zero attached hydrogens (tertiary/aromatic N) is 4. The van der Waals surface area contributed by atoms with Crippen molar-refractivity contribution in [2.24, 2.45) is 0 Å². The lowest BCUT2D eigenvalue weighted by molar-refractivity contribution is -0.143. The average Bonchev–Trinajstić information content (AvgIpc) is 2.83. The number of methoxy groups -OCH3 is 1. The molecule has 1 aromatic carbocycles. The molecule has 1 aromatic heterocycles. The topological polar surface area (TPSA) is 58.1 Å². The Kier molecular flexibility index (Phi) is 8.02. The van der Waals surface area contributed by atoms with Gasteiger partial charge in [0.1, 0.15) is 0 Å². The molecule has 7 nitrogen and oxygen atoms in total. The molecule has 0 unspecified atom stereocenters. The first-order valence-corrected chi connectivity index (χ1v) is 12.0. The van der Waals surface area contributed by atoms with E-state index in [2.05, 4.69) is 26.3 Å². The van der Waals surface area contributed by atoms with Crippen LogP contribution in [0.4, 0.5) is 5.69 Å². The van der Waals surface area contributed by atoms with Crippen LogP contribution in [0.15, 0.2) is 59.8 Å². The molecule has 32 heavy (non-hydrogen) atoms. The molecule has 1 amide bonds. The monoisotopic (exact) mass is 456 g/mol. The number of anilines is 1. The predicted octanol–water partition coefficient (Wildman–Crippen LogP) is 2.94. The van der Waals surface area contributed by atoms with Gasteiger partial charge in [-0.3, -0.25) is 9.78 Å². The number of amides is 1. The SMILES string of the molecule is COCCOC1(CN2CCN(Sc3ccccc3)CC2=O)CCN(c2ccncc2)CC1. The van der Waals surface area contributed by atoms with Crippen LogP contribution in [0, 0.1) is 0 Å². The number of hydrogen-bond donors (Lipinski definition) is 0. The van der Waals surface area contributed by atoms with Crippen LogP contribution in [0.2, 0.25) is 0 Å². The molecule has 0 radical (unpaired) electrons. The summed E-state index contributed by atoms with van der Waals surface area (Å²) in [7, 11) is 1.69. The van der Waals surface area contributed by atoms with Crippen molar-refractivity contribution in [3.05, 3.63) is 54.9 Å². The van der Waals surface area contributed by atoms with Crippen LogP contribution in [0.3, 0.4) is 0 Å². The standard InChI is InChI=1S/C24H32N4O3S/c1-30-17-18-31-24(9-13-26(14-10-24)21-7-11-25-12-8-21)20-27-15-16-28(19-23(27)29)32-22-5-3-2-4-6-22/h2-8,11-12H,9-10,13-20H2,1H3. The maximum Gasteiger partial charge on any atom is 0.237 e. The summed E-state index contributed by atoms with van der Waals surface area (Å²) in [4.78, 5) is 22.7. The number of hydrogen-bond acceptors (Lipinski definition) is 7. The van der Waals surface area contributed by atoms with Gasteiger partial charge < -0.3 is 19.3 Å². The van der Waals surface area contributed by atoms with E-state index in [4.69, 9.17) is 9.47 Å². The average molecular weight is 457 g/mol. The van der Waals surface area contributed by atoms with Crippen molar-refractivity contribution >= 4 is 23.5 Å². The summed E-state index contributed by atoms with van der Waals surface area (Å²) in [6.07, 6.45) is 5.42. The van der Waals surface area contributed by atoms with Crippen LogP contribution in [0.25, 0.3) is 0 Å². The maximum absolute atomic E-state index is 13.0. The molecule has 2 aromatic rings. The highest BCUT2D eigenvalue weighted by atomic mass is 32.2. The highest BCUT2D eigenvalue weighted by Crippen LogP contribution is 2.31. The Labute approximate surface area is 194 Å². The highest BCUT2D eigenvalue weighted by molar-refractivity contribution is 7.97. The second-order valence-corrected chi connectivity index (χ2v) is 9.47.